The summed E-state index contributed by atoms with van der Waals surface area (Å²) in [5.41, 5.74) is 4.77. The first-order chi connectivity index (χ1) is 15.6. The Balaban J connectivity index is 1.53. The van der Waals surface area contributed by atoms with Crippen molar-refractivity contribution in [2.45, 2.75) is 19.8 Å². The number of carbonyl (C=O) groups excluding carboxylic acids is 1. The van der Waals surface area contributed by atoms with E-state index in [0.717, 1.165) is 16.9 Å². The van der Waals surface area contributed by atoms with Gasteiger partial charge in [0.25, 0.3) is 0 Å². The minimum atomic E-state index is -0.0229. The van der Waals surface area contributed by atoms with Gasteiger partial charge in [-0.05, 0) is 36.6 Å². The zero-order chi connectivity index (χ0) is 22.1. The van der Waals surface area contributed by atoms with Gasteiger partial charge in [-0.3, -0.25) is 9.20 Å². The minimum Gasteiger partial charge on any atom is -0.366 e. The van der Waals surface area contributed by atoms with Gasteiger partial charge in [0.05, 0.1) is 11.0 Å². The highest BCUT2D eigenvalue weighted by molar-refractivity contribution is 6.10. The fourth-order valence-electron chi connectivity index (χ4n) is 3.94. The van der Waals surface area contributed by atoms with Crippen LogP contribution in [0.25, 0.3) is 16.7 Å². The first-order valence-corrected chi connectivity index (χ1v) is 10.7. The number of nitrogens with one attached hydrogen (secondary N) is 1. The lowest BCUT2D eigenvalue weighted by Gasteiger charge is -2.15. The van der Waals surface area contributed by atoms with E-state index in [1.807, 2.05) is 65.9 Å². The van der Waals surface area contributed by atoms with Crippen LogP contribution in [0.5, 0.6) is 0 Å². The molecule has 0 spiro atoms. The second-order valence-corrected chi connectivity index (χ2v) is 7.96. The van der Waals surface area contributed by atoms with Gasteiger partial charge in [0.1, 0.15) is 5.82 Å². The van der Waals surface area contributed by atoms with Crippen LogP contribution in [0.2, 0.25) is 0 Å². The molecule has 2 aromatic heterocycles. The molecule has 0 saturated carbocycles. The molecule has 6 nitrogen and oxygen atoms in total. The molecule has 0 aliphatic carbocycles. The second kappa shape index (κ2) is 8.23. The van der Waals surface area contributed by atoms with Crippen molar-refractivity contribution in [1.29, 1.82) is 0 Å². The third-order valence-corrected chi connectivity index (χ3v) is 5.73. The Hall–Kier alpha value is -4.06. The van der Waals surface area contributed by atoms with Crippen molar-refractivity contribution in [1.82, 2.24) is 19.6 Å². The van der Waals surface area contributed by atoms with Gasteiger partial charge < -0.3 is 5.32 Å². The number of fused-ring (bicyclic) bond motifs is 3. The van der Waals surface area contributed by atoms with Crippen molar-refractivity contribution < 1.29 is 4.79 Å². The number of hydrogen-bond donors (Lipinski definition) is 1. The molecule has 32 heavy (non-hydrogen) atoms. The third-order valence-electron chi connectivity index (χ3n) is 5.73. The molecule has 0 fully saturated rings. The monoisotopic (exact) mass is 421 g/mol. The van der Waals surface area contributed by atoms with Gasteiger partial charge >= 0.3 is 0 Å². The lowest BCUT2D eigenvalue weighted by molar-refractivity contribution is 0.103. The summed E-state index contributed by atoms with van der Waals surface area (Å²) in [6, 6.07) is 25.2. The maximum atomic E-state index is 13.0. The van der Waals surface area contributed by atoms with Gasteiger partial charge in [-0.2, -0.15) is 0 Å². The number of hydrogen-bond acceptors (Lipinski definition) is 5. The van der Waals surface area contributed by atoms with Gasteiger partial charge in [0.15, 0.2) is 11.6 Å². The standard InChI is InChI=1S/C26H23N5O/c1-17(19-9-5-3-6-10-19)16-27-25-26-30-29-18(2)31(26)23-15-21(13-14-22(23)28-25)24(32)20-11-7-4-8-12-20/h3-15,17H,16H2,1-2H3,(H,27,28)/t17-/m0/s1. The summed E-state index contributed by atoms with van der Waals surface area (Å²) in [7, 11) is 0. The Kier molecular flexibility index (Phi) is 5.11. The van der Waals surface area contributed by atoms with Crippen LogP contribution in [-0.2, 0) is 0 Å². The van der Waals surface area contributed by atoms with E-state index in [1.54, 1.807) is 0 Å². The maximum absolute atomic E-state index is 13.0. The molecule has 1 atom stereocenters. The summed E-state index contributed by atoms with van der Waals surface area (Å²) in [4.78, 5) is 17.8. The van der Waals surface area contributed by atoms with E-state index >= 15 is 0 Å². The van der Waals surface area contributed by atoms with Gasteiger partial charge in [-0.15, -0.1) is 10.2 Å². The minimum absolute atomic E-state index is 0.0229. The van der Waals surface area contributed by atoms with E-state index in [0.29, 0.717) is 35.1 Å². The summed E-state index contributed by atoms with van der Waals surface area (Å²) in [6.45, 7) is 4.80. The average molecular weight is 422 g/mol. The van der Waals surface area contributed by atoms with E-state index in [-0.39, 0.29) is 5.78 Å². The molecule has 1 N–H and O–H groups in total. The lowest BCUT2D eigenvalue weighted by atomic mass is 10.0. The third kappa shape index (κ3) is 3.60. The number of anilines is 1. The smallest absolute Gasteiger partial charge is 0.204 e. The topological polar surface area (TPSA) is 72.2 Å². The molecule has 0 unspecified atom stereocenters. The van der Waals surface area contributed by atoms with Crippen LogP contribution in [0, 0.1) is 6.92 Å². The number of carbonyl (C=O) groups is 1. The van der Waals surface area contributed by atoms with Crippen LogP contribution in [-0.4, -0.2) is 31.9 Å². The number of ketones is 1. The summed E-state index contributed by atoms with van der Waals surface area (Å²) >= 11 is 0. The van der Waals surface area contributed by atoms with Gasteiger partial charge in [0.2, 0.25) is 5.65 Å². The predicted molar refractivity (Wildman–Crippen MR) is 126 cm³/mol. The van der Waals surface area contributed by atoms with Crippen molar-refractivity contribution in [3.63, 3.8) is 0 Å². The predicted octanol–water partition coefficient (Wildman–Crippen LogP) is 5.03. The van der Waals surface area contributed by atoms with Gasteiger partial charge in [-0.25, -0.2) is 4.98 Å². The van der Waals surface area contributed by atoms with Crippen LogP contribution >= 0.6 is 0 Å². The summed E-state index contributed by atoms with van der Waals surface area (Å²) < 4.78 is 1.96. The van der Waals surface area contributed by atoms with E-state index in [4.69, 9.17) is 4.98 Å². The summed E-state index contributed by atoms with van der Waals surface area (Å²) in [5, 5.41) is 12.1. The highest BCUT2D eigenvalue weighted by atomic mass is 16.1. The molecule has 3 aromatic carbocycles. The summed E-state index contributed by atoms with van der Waals surface area (Å²) in [6.07, 6.45) is 0. The molecule has 5 rings (SSSR count). The largest absolute Gasteiger partial charge is 0.366 e. The Morgan fingerprint density at radius 3 is 2.41 bits per heavy atom. The molecule has 0 saturated heterocycles. The average Bonchev–Trinajstić information content (AvgIpc) is 3.24. The number of rotatable bonds is 6. The number of aryl methyl sites for hydroxylation is 1. The SMILES string of the molecule is Cc1nnc2c(NC[C@H](C)c3ccccc3)nc3ccc(C(=O)c4ccccc4)cc3n12. The van der Waals surface area contributed by atoms with Crippen LogP contribution in [0.3, 0.4) is 0 Å². The molecular formula is C26H23N5O. The molecule has 0 bridgehead atoms. The maximum Gasteiger partial charge on any atom is 0.204 e. The van der Waals surface area contributed by atoms with E-state index in [9.17, 15) is 4.79 Å². The van der Waals surface area contributed by atoms with Crippen LogP contribution in [0.15, 0.2) is 78.9 Å². The highest BCUT2D eigenvalue weighted by Crippen LogP contribution is 2.25. The molecule has 0 amide bonds. The Bertz CT molecular complexity index is 1410. The zero-order valence-corrected chi connectivity index (χ0v) is 18.0. The molecule has 2 heterocycles. The van der Waals surface area contributed by atoms with E-state index in [1.165, 1.54) is 5.56 Å². The number of aromatic nitrogens is 4. The lowest BCUT2D eigenvalue weighted by Crippen LogP contribution is -2.12. The van der Waals surface area contributed by atoms with Crippen molar-refractivity contribution in [2.75, 3.05) is 11.9 Å². The molecule has 0 radical (unpaired) electrons. The quantitative estimate of drug-likeness (QED) is 0.389. The van der Waals surface area contributed by atoms with Crippen LogP contribution < -0.4 is 5.32 Å². The number of benzene rings is 3. The molecular weight excluding hydrogens is 398 g/mol. The normalized spacial score (nSPS) is 12.2. The van der Waals surface area contributed by atoms with E-state index in [2.05, 4.69) is 46.7 Å². The Morgan fingerprint density at radius 2 is 1.66 bits per heavy atom. The van der Waals surface area contributed by atoms with E-state index < -0.39 is 0 Å². The first-order valence-electron chi connectivity index (χ1n) is 10.7. The Morgan fingerprint density at radius 1 is 0.938 bits per heavy atom. The van der Waals surface area contributed by atoms with Crippen LogP contribution in [0.1, 0.15) is 40.2 Å². The fraction of sp³-hybridized carbons (Fsp3) is 0.154. The van der Waals surface area contributed by atoms with Crippen LogP contribution in [0.4, 0.5) is 5.82 Å². The second-order valence-electron chi connectivity index (χ2n) is 7.96. The molecule has 158 valence electrons. The molecule has 0 aliphatic heterocycles. The molecule has 0 aliphatic rings. The zero-order valence-electron chi connectivity index (χ0n) is 18.0. The Labute approximate surface area is 186 Å². The fourth-order valence-corrected chi connectivity index (χ4v) is 3.94. The highest BCUT2D eigenvalue weighted by Gasteiger charge is 2.16. The number of nitrogens with zero attached hydrogens (tertiary/aromatic N) is 4. The van der Waals surface area contributed by atoms with Crippen molar-refractivity contribution in [2.24, 2.45) is 0 Å². The van der Waals surface area contributed by atoms with Gasteiger partial charge in [0, 0.05) is 17.7 Å². The van der Waals surface area contributed by atoms with Crippen molar-refractivity contribution in [3.05, 3.63) is 101 Å². The summed E-state index contributed by atoms with van der Waals surface area (Å²) in [5.74, 6) is 1.72. The van der Waals surface area contributed by atoms with Crippen molar-refractivity contribution in [3.8, 4) is 0 Å². The molecule has 5 aromatic rings. The first kappa shape index (κ1) is 19.9. The van der Waals surface area contributed by atoms with Gasteiger partial charge in [-0.1, -0.05) is 67.6 Å². The molecule has 6 heteroatoms. The van der Waals surface area contributed by atoms with Crippen molar-refractivity contribution >= 4 is 28.3 Å².